The second-order valence-corrected chi connectivity index (χ2v) is 8.32. The number of aryl methyl sites for hydroxylation is 1. The van der Waals surface area contributed by atoms with Crippen LogP contribution in [0.15, 0.2) is 77.3 Å². The molecule has 0 radical (unpaired) electrons. The number of hydrogen-bond acceptors (Lipinski definition) is 0. The summed E-state index contributed by atoms with van der Waals surface area (Å²) in [6.45, 7) is 6.94. The van der Waals surface area contributed by atoms with Crippen molar-refractivity contribution in [3.63, 3.8) is 0 Å². The molecule has 4 rings (SSSR count). The Morgan fingerprint density at radius 1 is 0.769 bits per heavy atom. The van der Waals surface area contributed by atoms with Crippen LogP contribution in [0.2, 0.25) is 0 Å². The van der Waals surface area contributed by atoms with Gasteiger partial charge in [-0.1, -0.05) is 103 Å². The Bertz CT molecular complexity index is 1110. The molecule has 0 saturated carbocycles. The summed E-state index contributed by atoms with van der Waals surface area (Å²) in [6.07, 6.45) is 1.03. The van der Waals surface area contributed by atoms with Gasteiger partial charge in [0.05, 0.1) is 0 Å². The highest BCUT2D eigenvalue weighted by Gasteiger charge is 2.27. The monoisotopic (exact) mass is 402 g/mol. The van der Waals surface area contributed by atoms with Crippen LogP contribution in [0.1, 0.15) is 37.5 Å². The standard InChI is InChI=1S/C25H23Br/c1-4-20-21-11-7-8-12-22(21)24(26)16-23(20)25(2,3)19-14-13-17-9-5-6-10-18(17)15-19/h5-16H,4H2,1-3H3. The molecule has 0 heterocycles. The van der Waals surface area contributed by atoms with E-state index in [9.17, 15) is 0 Å². The van der Waals surface area contributed by atoms with Crippen molar-refractivity contribution in [1.29, 1.82) is 0 Å². The molecule has 0 aliphatic heterocycles. The molecule has 0 nitrogen and oxygen atoms in total. The first-order chi connectivity index (χ1) is 12.5. The molecule has 0 amide bonds. The molecule has 0 bridgehead atoms. The average molecular weight is 403 g/mol. The van der Waals surface area contributed by atoms with Crippen molar-refractivity contribution in [3.05, 3.63) is 94.0 Å². The summed E-state index contributed by atoms with van der Waals surface area (Å²) in [5.41, 5.74) is 4.14. The molecule has 0 atom stereocenters. The van der Waals surface area contributed by atoms with Crippen LogP contribution in [-0.4, -0.2) is 0 Å². The van der Waals surface area contributed by atoms with Gasteiger partial charge in [0.2, 0.25) is 0 Å². The topological polar surface area (TPSA) is 0 Å². The van der Waals surface area contributed by atoms with Crippen molar-refractivity contribution in [1.82, 2.24) is 0 Å². The third-order valence-corrected chi connectivity index (χ3v) is 6.26. The van der Waals surface area contributed by atoms with Gasteiger partial charge in [0.1, 0.15) is 0 Å². The van der Waals surface area contributed by atoms with Gasteiger partial charge in [0.15, 0.2) is 0 Å². The molecule has 26 heavy (non-hydrogen) atoms. The first-order valence-electron chi connectivity index (χ1n) is 9.22. The van der Waals surface area contributed by atoms with Crippen LogP contribution in [0.4, 0.5) is 0 Å². The summed E-state index contributed by atoms with van der Waals surface area (Å²) < 4.78 is 1.18. The van der Waals surface area contributed by atoms with E-state index in [1.165, 1.54) is 42.7 Å². The molecule has 0 unspecified atom stereocenters. The Balaban J connectivity index is 1.97. The quantitative estimate of drug-likeness (QED) is 0.330. The molecule has 130 valence electrons. The van der Waals surface area contributed by atoms with Crippen molar-refractivity contribution in [2.75, 3.05) is 0 Å². The largest absolute Gasteiger partial charge is 0.0616 e. The van der Waals surface area contributed by atoms with E-state index in [0.717, 1.165) is 6.42 Å². The van der Waals surface area contributed by atoms with E-state index in [1.54, 1.807) is 0 Å². The third-order valence-electron chi connectivity index (χ3n) is 5.60. The fourth-order valence-electron chi connectivity index (χ4n) is 4.06. The maximum atomic E-state index is 3.82. The SMILES string of the molecule is CCc1c(C(C)(C)c2ccc3ccccc3c2)cc(Br)c2ccccc12. The molecule has 0 aliphatic carbocycles. The Morgan fingerprint density at radius 3 is 2.15 bits per heavy atom. The van der Waals surface area contributed by atoms with Crippen LogP contribution >= 0.6 is 15.9 Å². The van der Waals surface area contributed by atoms with Crippen LogP contribution in [0.3, 0.4) is 0 Å². The highest BCUT2D eigenvalue weighted by molar-refractivity contribution is 9.10. The predicted molar refractivity (Wildman–Crippen MR) is 117 cm³/mol. The summed E-state index contributed by atoms with van der Waals surface area (Å²) in [6, 6.07) is 26.5. The summed E-state index contributed by atoms with van der Waals surface area (Å²) in [5, 5.41) is 5.24. The molecule has 4 aromatic carbocycles. The summed E-state index contributed by atoms with van der Waals surface area (Å²) in [7, 11) is 0. The van der Waals surface area contributed by atoms with Gasteiger partial charge < -0.3 is 0 Å². The highest BCUT2D eigenvalue weighted by Crippen LogP contribution is 2.40. The lowest BCUT2D eigenvalue weighted by molar-refractivity contribution is 0.634. The fourth-order valence-corrected chi connectivity index (χ4v) is 4.64. The second kappa shape index (κ2) is 6.55. The van der Waals surface area contributed by atoms with Gasteiger partial charge in [-0.15, -0.1) is 0 Å². The zero-order valence-electron chi connectivity index (χ0n) is 15.5. The Morgan fingerprint density at radius 2 is 1.42 bits per heavy atom. The first kappa shape index (κ1) is 17.3. The van der Waals surface area contributed by atoms with Crippen molar-refractivity contribution >= 4 is 37.5 Å². The summed E-state index contributed by atoms with van der Waals surface area (Å²) >= 11 is 3.82. The molecular weight excluding hydrogens is 380 g/mol. The van der Waals surface area contributed by atoms with Gasteiger partial charge in [-0.2, -0.15) is 0 Å². The molecule has 0 spiro atoms. The van der Waals surface area contributed by atoms with Crippen molar-refractivity contribution in [3.8, 4) is 0 Å². The molecule has 0 aromatic heterocycles. The second-order valence-electron chi connectivity index (χ2n) is 7.47. The lowest BCUT2D eigenvalue weighted by Gasteiger charge is -2.30. The highest BCUT2D eigenvalue weighted by atomic mass is 79.9. The van der Waals surface area contributed by atoms with E-state index >= 15 is 0 Å². The number of benzene rings is 4. The number of fused-ring (bicyclic) bond motifs is 2. The third kappa shape index (κ3) is 2.75. The Labute approximate surface area is 164 Å². The zero-order valence-corrected chi connectivity index (χ0v) is 17.1. The predicted octanol–water partition coefficient (Wildman–Crippen LogP) is 7.64. The molecule has 0 saturated heterocycles. The van der Waals surface area contributed by atoms with Crippen molar-refractivity contribution < 1.29 is 0 Å². The molecule has 0 N–H and O–H groups in total. The number of rotatable bonds is 3. The lowest BCUT2D eigenvalue weighted by Crippen LogP contribution is -2.21. The Hall–Kier alpha value is -2.12. The summed E-state index contributed by atoms with van der Waals surface area (Å²) in [5.74, 6) is 0. The Kier molecular flexibility index (Phi) is 4.36. The number of hydrogen-bond donors (Lipinski definition) is 0. The molecular formula is C25H23Br. The lowest BCUT2D eigenvalue weighted by atomic mass is 9.74. The fraction of sp³-hybridized carbons (Fsp3) is 0.200. The minimum atomic E-state index is -0.0675. The van der Waals surface area contributed by atoms with E-state index in [4.69, 9.17) is 0 Å². The van der Waals surface area contributed by atoms with Crippen LogP contribution in [0.25, 0.3) is 21.5 Å². The minimum Gasteiger partial charge on any atom is -0.0616 e. The molecule has 0 fully saturated rings. The number of halogens is 1. The van der Waals surface area contributed by atoms with Gasteiger partial charge in [0.25, 0.3) is 0 Å². The van der Waals surface area contributed by atoms with Gasteiger partial charge >= 0.3 is 0 Å². The van der Waals surface area contributed by atoms with Crippen LogP contribution in [-0.2, 0) is 11.8 Å². The normalized spacial score (nSPS) is 12.0. The van der Waals surface area contributed by atoms with E-state index in [2.05, 4.69) is 109 Å². The van der Waals surface area contributed by atoms with Gasteiger partial charge in [0, 0.05) is 9.89 Å². The van der Waals surface area contributed by atoms with E-state index in [0.29, 0.717) is 0 Å². The van der Waals surface area contributed by atoms with Gasteiger partial charge in [-0.3, -0.25) is 0 Å². The first-order valence-corrected chi connectivity index (χ1v) is 10.0. The molecule has 0 aliphatic rings. The zero-order chi connectivity index (χ0) is 18.3. The maximum Gasteiger partial charge on any atom is 0.0256 e. The van der Waals surface area contributed by atoms with Crippen molar-refractivity contribution in [2.24, 2.45) is 0 Å². The van der Waals surface area contributed by atoms with Crippen LogP contribution in [0.5, 0.6) is 0 Å². The molecule has 4 aromatic rings. The van der Waals surface area contributed by atoms with E-state index in [-0.39, 0.29) is 5.41 Å². The summed E-state index contributed by atoms with van der Waals surface area (Å²) in [4.78, 5) is 0. The smallest absolute Gasteiger partial charge is 0.0256 e. The van der Waals surface area contributed by atoms with Crippen LogP contribution < -0.4 is 0 Å². The van der Waals surface area contributed by atoms with Crippen LogP contribution in [0, 0.1) is 0 Å². The minimum absolute atomic E-state index is 0.0675. The maximum absolute atomic E-state index is 3.82. The van der Waals surface area contributed by atoms with Gasteiger partial charge in [-0.25, -0.2) is 0 Å². The van der Waals surface area contributed by atoms with E-state index < -0.39 is 0 Å². The van der Waals surface area contributed by atoms with Crippen molar-refractivity contribution in [2.45, 2.75) is 32.6 Å². The average Bonchev–Trinajstić information content (AvgIpc) is 2.67. The van der Waals surface area contributed by atoms with Gasteiger partial charge in [-0.05, 0) is 50.7 Å². The molecule has 1 heteroatoms. The van der Waals surface area contributed by atoms with E-state index in [1.807, 2.05) is 0 Å².